The minimum absolute atomic E-state index is 0.158. The highest BCUT2D eigenvalue weighted by Gasteiger charge is 2.12. The molecule has 0 aliphatic rings. The Labute approximate surface area is 120 Å². The maximum atomic E-state index is 6.08. The Morgan fingerprint density at radius 1 is 1.16 bits per heavy atom. The average Bonchev–Trinajstić information content (AvgIpc) is 2.29. The lowest BCUT2D eigenvalue weighted by Crippen LogP contribution is -2.22. The molecule has 0 saturated carbocycles. The van der Waals surface area contributed by atoms with E-state index in [0.29, 0.717) is 24.2 Å². The lowest BCUT2D eigenvalue weighted by molar-refractivity contribution is -0.0169. The van der Waals surface area contributed by atoms with Gasteiger partial charge in [0.1, 0.15) is 17.6 Å². The lowest BCUT2D eigenvalue weighted by Gasteiger charge is -2.19. The molecule has 0 fully saturated rings. The Bertz CT molecular complexity index is 417. The molecular formula is C14H23ClN2O2. The van der Waals surface area contributed by atoms with Crippen LogP contribution in [0.25, 0.3) is 0 Å². The summed E-state index contributed by atoms with van der Waals surface area (Å²) in [5, 5.41) is 0.463. The van der Waals surface area contributed by atoms with Crippen molar-refractivity contribution in [1.82, 2.24) is 9.97 Å². The third-order valence-corrected chi connectivity index (χ3v) is 2.79. The van der Waals surface area contributed by atoms with Crippen molar-refractivity contribution in [2.45, 2.75) is 53.1 Å². The molecule has 0 spiro atoms. The largest absolute Gasteiger partial charge is 0.475 e. The van der Waals surface area contributed by atoms with E-state index in [1.165, 1.54) is 0 Å². The van der Waals surface area contributed by atoms with Gasteiger partial charge >= 0.3 is 0 Å². The zero-order valence-electron chi connectivity index (χ0n) is 12.4. The van der Waals surface area contributed by atoms with E-state index in [2.05, 4.69) is 16.9 Å². The molecule has 1 rings (SSSR count). The normalized spacial score (nSPS) is 11.7. The molecule has 0 unspecified atom stereocenters. The maximum absolute atomic E-state index is 6.08. The van der Waals surface area contributed by atoms with Crippen molar-refractivity contribution < 1.29 is 9.47 Å². The molecule has 1 heterocycles. The molecule has 4 nitrogen and oxygen atoms in total. The summed E-state index contributed by atoms with van der Waals surface area (Å²) >= 11 is 6.08. The van der Waals surface area contributed by atoms with Crippen LogP contribution in [0.15, 0.2) is 0 Å². The van der Waals surface area contributed by atoms with Crippen LogP contribution in [0, 0.1) is 6.92 Å². The standard InChI is InChI=1S/C14H23ClN2O2/c1-6-7-11-16-12(15)10(2)13(17-11)18-8-9-19-14(3,4)5/h6-9H2,1-5H3. The van der Waals surface area contributed by atoms with Gasteiger partial charge in [-0.1, -0.05) is 18.5 Å². The second-order valence-electron chi connectivity index (χ2n) is 5.42. The Morgan fingerprint density at radius 3 is 2.42 bits per heavy atom. The van der Waals surface area contributed by atoms with Crippen LogP contribution < -0.4 is 4.74 Å². The summed E-state index contributed by atoms with van der Waals surface area (Å²) in [4.78, 5) is 8.62. The van der Waals surface area contributed by atoms with Crippen molar-refractivity contribution in [3.63, 3.8) is 0 Å². The minimum atomic E-state index is -0.158. The average molecular weight is 287 g/mol. The van der Waals surface area contributed by atoms with Crippen molar-refractivity contribution in [2.75, 3.05) is 13.2 Å². The number of ether oxygens (including phenoxy) is 2. The highest BCUT2D eigenvalue weighted by atomic mass is 35.5. The van der Waals surface area contributed by atoms with Gasteiger partial charge < -0.3 is 9.47 Å². The molecule has 108 valence electrons. The van der Waals surface area contributed by atoms with Gasteiger partial charge in [-0.25, -0.2) is 4.98 Å². The SMILES string of the molecule is CCCc1nc(Cl)c(C)c(OCCOC(C)(C)C)n1. The zero-order valence-corrected chi connectivity index (χ0v) is 13.2. The van der Waals surface area contributed by atoms with Crippen LogP contribution >= 0.6 is 11.6 Å². The smallest absolute Gasteiger partial charge is 0.221 e. The first-order chi connectivity index (χ1) is 8.83. The molecular weight excluding hydrogens is 264 g/mol. The first-order valence-corrected chi connectivity index (χ1v) is 7.01. The number of hydrogen-bond donors (Lipinski definition) is 0. The molecule has 0 saturated heterocycles. The van der Waals surface area contributed by atoms with Crippen LogP contribution in [0.1, 0.15) is 45.5 Å². The van der Waals surface area contributed by atoms with Crippen molar-refractivity contribution in [3.8, 4) is 5.88 Å². The highest BCUT2D eigenvalue weighted by Crippen LogP contribution is 2.22. The van der Waals surface area contributed by atoms with Crippen LogP contribution in [0.2, 0.25) is 5.15 Å². The molecule has 0 atom stereocenters. The second-order valence-corrected chi connectivity index (χ2v) is 5.78. The van der Waals surface area contributed by atoms with E-state index in [1.807, 2.05) is 27.7 Å². The summed E-state index contributed by atoms with van der Waals surface area (Å²) in [5.41, 5.74) is 0.618. The number of rotatable bonds is 6. The second kappa shape index (κ2) is 7.06. The predicted molar refractivity (Wildman–Crippen MR) is 77.0 cm³/mol. The van der Waals surface area contributed by atoms with Crippen molar-refractivity contribution >= 4 is 11.6 Å². The summed E-state index contributed by atoms with van der Waals surface area (Å²) in [5.74, 6) is 1.28. The van der Waals surface area contributed by atoms with Crippen LogP contribution in [0.3, 0.4) is 0 Å². The number of aryl methyl sites for hydroxylation is 1. The Kier molecular flexibility index (Phi) is 6.01. The predicted octanol–water partition coefficient (Wildman–Crippen LogP) is 3.58. The third-order valence-electron chi connectivity index (χ3n) is 2.42. The van der Waals surface area contributed by atoms with E-state index in [4.69, 9.17) is 21.1 Å². The van der Waals surface area contributed by atoms with Gasteiger partial charge in [0.25, 0.3) is 0 Å². The molecule has 0 aliphatic carbocycles. The monoisotopic (exact) mass is 286 g/mol. The molecule has 1 aromatic heterocycles. The number of halogens is 1. The van der Waals surface area contributed by atoms with Gasteiger partial charge in [-0.2, -0.15) is 4.98 Å². The first kappa shape index (κ1) is 16.2. The lowest BCUT2D eigenvalue weighted by atomic mass is 10.2. The van der Waals surface area contributed by atoms with Crippen molar-refractivity contribution in [1.29, 1.82) is 0 Å². The van der Waals surface area contributed by atoms with Crippen LogP contribution in [-0.2, 0) is 11.2 Å². The topological polar surface area (TPSA) is 44.2 Å². The molecule has 0 radical (unpaired) electrons. The Balaban J connectivity index is 2.61. The van der Waals surface area contributed by atoms with E-state index in [1.54, 1.807) is 0 Å². The van der Waals surface area contributed by atoms with E-state index < -0.39 is 0 Å². The van der Waals surface area contributed by atoms with E-state index in [0.717, 1.165) is 24.2 Å². The van der Waals surface area contributed by atoms with Crippen molar-refractivity contribution in [2.24, 2.45) is 0 Å². The molecule has 0 N–H and O–H groups in total. The molecule has 0 aliphatic heterocycles. The molecule has 19 heavy (non-hydrogen) atoms. The maximum Gasteiger partial charge on any atom is 0.221 e. The van der Waals surface area contributed by atoms with E-state index >= 15 is 0 Å². The van der Waals surface area contributed by atoms with Crippen LogP contribution in [-0.4, -0.2) is 28.8 Å². The number of aromatic nitrogens is 2. The summed E-state index contributed by atoms with van der Waals surface area (Å²) in [6.07, 6.45) is 1.78. The van der Waals surface area contributed by atoms with E-state index in [-0.39, 0.29) is 5.60 Å². The quantitative estimate of drug-likeness (QED) is 0.592. The van der Waals surface area contributed by atoms with Gasteiger partial charge in [0.15, 0.2) is 0 Å². The van der Waals surface area contributed by atoms with Gasteiger partial charge in [0.05, 0.1) is 12.2 Å². The van der Waals surface area contributed by atoms with Gasteiger partial charge in [-0.15, -0.1) is 0 Å². The van der Waals surface area contributed by atoms with Crippen molar-refractivity contribution in [3.05, 3.63) is 16.5 Å². The molecule has 0 bridgehead atoms. The fourth-order valence-corrected chi connectivity index (χ4v) is 1.65. The summed E-state index contributed by atoms with van der Waals surface area (Å²) in [6, 6.07) is 0. The fourth-order valence-electron chi connectivity index (χ4n) is 1.47. The Morgan fingerprint density at radius 2 is 1.84 bits per heavy atom. The third kappa shape index (κ3) is 5.74. The minimum Gasteiger partial charge on any atom is -0.475 e. The fraction of sp³-hybridized carbons (Fsp3) is 0.714. The molecule has 0 aromatic carbocycles. The van der Waals surface area contributed by atoms with E-state index in [9.17, 15) is 0 Å². The molecule has 5 heteroatoms. The van der Waals surface area contributed by atoms with Gasteiger partial charge in [-0.05, 0) is 34.1 Å². The Hall–Kier alpha value is -0.870. The first-order valence-electron chi connectivity index (χ1n) is 6.63. The summed E-state index contributed by atoms with van der Waals surface area (Å²) in [7, 11) is 0. The summed E-state index contributed by atoms with van der Waals surface area (Å²) < 4.78 is 11.2. The molecule has 0 amide bonds. The zero-order chi connectivity index (χ0) is 14.5. The summed E-state index contributed by atoms with van der Waals surface area (Å²) in [6.45, 7) is 11.0. The number of nitrogens with zero attached hydrogens (tertiary/aromatic N) is 2. The highest BCUT2D eigenvalue weighted by molar-refractivity contribution is 6.30. The van der Waals surface area contributed by atoms with Gasteiger partial charge in [0, 0.05) is 12.0 Å². The van der Waals surface area contributed by atoms with Crippen LogP contribution in [0.4, 0.5) is 0 Å². The van der Waals surface area contributed by atoms with Crippen LogP contribution in [0.5, 0.6) is 5.88 Å². The van der Waals surface area contributed by atoms with Gasteiger partial charge in [-0.3, -0.25) is 0 Å². The molecule has 1 aromatic rings. The van der Waals surface area contributed by atoms with Gasteiger partial charge in [0.2, 0.25) is 5.88 Å². The number of hydrogen-bond acceptors (Lipinski definition) is 4.